The zero-order chi connectivity index (χ0) is 18.9. The highest BCUT2D eigenvalue weighted by Gasteiger charge is 2.42. The van der Waals surface area contributed by atoms with Gasteiger partial charge in [0, 0.05) is 17.9 Å². The highest BCUT2D eigenvalue weighted by molar-refractivity contribution is 6.18. The van der Waals surface area contributed by atoms with Crippen LogP contribution in [0.1, 0.15) is 29.0 Å². The van der Waals surface area contributed by atoms with Gasteiger partial charge in [0.25, 0.3) is 0 Å². The summed E-state index contributed by atoms with van der Waals surface area (Å²) in [4.78, 5) is 13.0. The smallest absolute Gasteiger partial charge is 0.321 e. The van der Waals surface area contributed by atoms with Crippen molar-refractivity contribution >= 4 is 17.4 Å². The lowest BCUT2D eigenvalue weighted by atomic mass is 9.76. The van der Waals surface area contributed by atoms with Crippen molar-refractivity contribution in [1.82, 2.24) is 0 Å². The fourth-order valence-electron chi connectivity index (χ4n) is 3.99. The molecule has 0 amide bonds. The van der Waals surface area contributed by atoms with Gasteiger partial charge in [0.1, 0.15) is 11.7 Å². The van der Waals surface area contributed by atoms with Crippen LogP contribution in [0.3, 0.4) is 0 Å². The van der Waals surface area contributed by atoms with Crippen molar-refractivity contribution in [2.45, 2.75) is 12.3 Å². The normalized spacial score (nSPS) is 20.8. The van der Waals surface area contributed by atoms with Crippen LogP contribution in [-0.4, -0.2) is 17.4 Å². The maximum absolute atomic E-state index is 13.0. The molecule has 136 valence electrons. The Hall–Kier alpha value is -3.53. The van der Waals surface area contributed by atoms with Gasteiger partial charge in [0.15, 0.2) is 0 Å². The largest absolute Gasteiger partial charge is 0.425 e. The van der Waals surface area contributed by atoms with E-state index in [4.69, 9.17) is 4.74 Å². The summed E-state index contributed by atoms with van der Waals surface area (Å²) >= 11 is 0. The Morgan fingerprint density at radius 1 is 0.786 bits per heavy atom. The van der Waals surface area contributed by atoms with E-state index in [9.17, 15) is 4.79 Å². The predicted octanol–water partition coefficient (Wildman–Crippen LogP) is 4.60. The summed E-state index contributed by atoms with van der Waals surface area (Å²) in [5.41, 5.74) is 4.51. The van der Waals surface area contributed by atoms with E-state index in [-0.39, 0.29) is 11.9 Å². The summed E-state index contributed by atoms with van der Waals surface area (Å²) < 4.78 is 5.68. The molecule has 0 aliphatic carbocycles. The highest BCUT2D eigenvalue weighted by Crippen LogP contribution is 2.40. The molecule has 0 radical (unpaired) electrons. The summed E-state index contributed by atoms with van der Waals surface area (Å²) in [5.74, 6) is -0.298. The van der Waals surface area contributed by atoms with E-state index in [1.165, 1.54) is 0 Å². The number of fused-ring (bicyclic) bond motifs is 3. The van der Waals surface area contributed by atoms with E-state index in [2.05, 4.69) is 22.3 Å². The predicted molar refractivity (Wildman–Crippen MR) is 109 cm³/mol. The molecule has 4 heteroatoms. The lowest BCUT2D eigenvalue weighted by molar-refractivity contribution is -0.137. The van der Waals surface area contributed by atoms with E-state index < -0.39 is 5.92 Å². The maximum Gasteiger partial charge on any atom is 0.321 e. The van der Waals surface area contributed by atoms with E-state index >= 15 is 0 Å². The SMILES string of the molecule is O=C1Oc2ccccc2C2=NN=C(c3ccccc3)CC(c3ccccc3)C12. The van der Waals surface area contributed by atoms with E-state index in [0.717, 1.165) is 22.4 Å². The minimum Gasteiger partial charge on any atom is -0.425 e. The lowest BCUT2D eigenvalue weighted by Gasteiger charge is -2.30. The number of benzene rings is 3. The van der Waals surface area contributed by atoms with Gasteiger partial charge >= 0.3 is 5.97 Å². The fourth-order valence-corrected chi connectivity index (χ4v) is 3.99. The number of esters is 1. The summed E-state index contributed by atoms with van der Waals surface area (Å²) in [6, 6.07) is 27.7. The number of para-hydroxylation sites is 1. The zero-order valence-electron chi connectivity index (χ0n) is 15.2. The van der Waals surface area contributed by atoms with Crippen LogP contribution >= 0.6 is 0 Å². The van der Waals surface area contributed by atoms with Crippen molar-refractivity contribution in [1.29, 1.82) is 0 Å². The van der Waals surface area contributed by atoms with Gasteiger partial charge in [0.05, 0.1) is 11.4 Å². The number of nitrogens with zero attached hydrogens (tertiary/aromatic N) is 2. The average Bonchev–Trinajstić information content (AvgIpc) is 2.96. The van der Waals surface area contributed by atoms with E-state index in [1.807, 2.05) is 66.7 Å². The van der Waals surface area contributed by atoms with Crippen molar-refractivity contribution in [3.8, 4) is 5.75 Å². The van der Waals surface area contributed by atoms with Crippen LogP contribution in [0.5, 0.6) is 5.75 Å². The van der Waals surface area contributed by atoms with E-state index in [1.54, 1.807) is 6.07 Å². The Labute approximate surface area is 163 Å². The Kier molecular flexibility index (Phi) is 4.09. The standard InChI is InChI=1S/C24H18N2O2/c27-24-22-19(16-9-3-1-4-10-16)15-20(17-11-5-2-6-12-17)25-26-23(22)18-13-7-8-14-21(18)28-24/h1-14,19,22H,15H2. The Bertz CT molecular complexity index is 1090. The molecule has 0 saturated carbocycles. The second-order valence-corrected chi connectivity index (χ2v) is 7.01. The van der Waals surface area contributed by atoms with Crippen LogP contribution < -0.4 is 4.74 Å². The maximum atomic E-state index is 13.0. The first-order valence-corrected chi connectivity index (χ1v) is 9.37. The monoisotopic (exact) mass is 366 g/mol. The first kappa shape index (κ1) is 16.6. The average molecular weight is 366 g/mol. The topological polar surface area (TPSA) is 51.0 Å². The van der Waals surface area contributed by atoms with Crippen LogP contribution in [-0.2, 0) is 4.79 Å². The molecule has 2 aliphatic rings. The van der Waals surface area contributed by atoms with Crippen molar-refractivity contribution in [3.05, 3.63) is 102 Å². The molecule has 0 fully saturated rings. The van der Waals surface area contributed by atoms with Crippen LogP contribution in [0.15, 0.2) is 95.1 Å². The summed E-state index contributed by atoms with van der Waals surface area (Å²) in [6.45, 7) is 0. The molecule has 2 unspecified atom stereocenters. The molecule has 0 saturated heterocycles. The Morgan fingerprint density at radius 3 is 2.25 bits per heavy atom. The van der Waals surface area contributed by atoms with Gasteiger partial charge in [-0.05, 0) is 23.3 Å². The van der Waals surface area contributed by atoms with Crippen LogP contribution in [0, 0.1) is 5.92 Å². The lowest BCUT2D eigenvalue weighted by Crippen LogP contribution is -2.38. The van der Waals surface area contributed by atoms with Gasteiger partial charge in [-0.1, -0.05) is 72.8 Å². The molecular weight excluding hydrogens is 348 g/mol. The number of ether oxygens (including phenoxy) is 1. The minimum absolute atomic E-state index is 0.0951. The molecule has 0 aromatic heterocycles. The van der Waals surface area contributed by atoms with Crippen LogP contribution in [0.25, 0.3) is 0 Å². The van der Waals surface area contributed by atoms with Gasteiger partial charge in [-0.15, -0.1) is 0 Å². The third-order valence-corrected chi connectivity index (χ3v) is 5.35. The third kappa shape index (κ3) is 2.83. The molecule has 2 aliphatic heterocycles. The van der Waals surface area contributed by atoms with Crippen molar-refractivity contribution in [2.75, 3.05) is 0 Å². The van der Waals surface area contributed by atoms with Gasteiger partial charge < -0.3 is 4.74 Å². The van der Waals surface area contributed by atoms with Crippen molar-refractivity contribution in [3.63, 3.8) is 0 Å². The van der Waals surface area contributed by atoms with Crippen molar-refractivity contribution < 1.29 is 9.53 Å². The van der Waals surface area contributed by atoms with E-state index in [0.29, 0.717) is 17.9 Å². The quantitative estimate of drug-likeness (QED) is 0.491. The first-order valence-electron chi connectivity index (χ1n) is 9.37. The molecule has 2 heterocycles. The third-order valence-electron chi connectivity index (χ3n) is 5.35. The molecule has 0 N–H and O–H groups in total. The summed E-state index contributed by atoms with van der Waals surface area (Å²) in [6.07, 6.45) is 0.614. The van der Waals surface area contributed by atoms with Gasteiger partial charge in [-0.3, -0.25) is 4.79 Å². The molecule has 0 spiro atoms. The first-order chi connectivity index (χ1) is 13.8. The second kappa shape index (κ2) is 6.89. The number of hydrogen-bond donors (Lipinski definition) is 0. The van der Waals surface area contributed by atoms with Crippen molar-refractivity contribution in [2.24, 2.45) is 16.1 Å². The van der Waals surface area contributed by atoms with Crippen LogP contribution in [0.2, 0.25) is 0 Å². The number of hydrogen-bond acceptors (Lipinski definition) is 4. The molecule has 0 bridgehead atoms. The summed E-state index contributed by atoms with van der Waals surface area (Å²) in [7, 11) is 0. The molecular formula is C24H18N2O2. The molecule has 28 heavy (non-hydrogen) atoms. The zero-order valence-corrected chi connectivity index (χ0v) is 15.2. The van der Waals surface area contributed by atoms with Gasteiger partial charge in [0.2, 0.25) is 0 Å². The Morgan fingerprint density at radius 2 is 1.46 bits per heavy atom. The molecule has 5 rings (SSSR count). The molecule has 4 nitrogen and oxygen atoms in total. The van der Waals surface area contributed by atoms with Gasteiger partial charge in [-0.25, -0.2) is 0 Å². The highest BCUT2D eigenvalue weighted by atomic mass is 16.5. The molecule has 3 aromatic rings. The van der Waals surface area contributed by atoms with Crippen LogP contribution in [0.4, 0.5) is 0 Å². The summed E-state index contributed by atoms with van der Waals surface area (Å²) in [5, 5.41) is 9.16. The Balaban J connectivity index is 1.69. The number of carbonyl (C=O) groups excluding carboxylic acids is 1. The number of carbonyl (C=O) groups is 1. The van der Waals surface area contributed by atoms with Gasteiger partial charge in [-0.2, -0.15) is 10.2 Å². The minimum atomic E-state index is -0.484. The number of rotatable bonds is 2. The second-order valence-electron chi connectivity index (χ2n) is 7.01. The molecule has 2 atom stereocenters. The fraction of sp³-hybridized carbons (Fsp3) is 0.125. The molecule has 3 aromatic carbocycles.